The fourth-order valence-electron chi connectivity index (χ4n) is 0.925. The summed E-state index contributed by atoms with van der Waals surface area (Å²) in [5.74, 6) is 0.755. The molecule has 0 aliphatic heterocycles. The maximum atomic E-state index is 5.80. The van der Waals surface area contributed by atoms with Gasteiger partial charge in [-0.25, -0.2) is 0 Å². The van der Waals surface area contributed by atoms with Crippen LogP contribution in [0.15, 0.2) is 12.2 Å². The molecule has 0 bridgehead atoms. The van der Waals surface area contributed by atoms with Gasteiger partial charge in [0.25, 0.3) is 0 Å². The molecule has 1 rings (SSSR count). The van der Waals surface area contributed by atoms with Crippen LogP contribution in [0.5, 0.6) is 0 Å². The average molecular weight is 131 g/mol. The van der Waals surface area contributed by atoms with Gasteiger partial charge in [-0.1, -0.05) is 19.1 Å². The number of halogens is 1. The molecule has 8 heavy (non-hydrogen) atoms. The van der Waals surface area contributed by atoms with Crippen LogP contribution in [0.1, 0.15) is 19.8 Å². The lowest BCUT2D eigenvalue weighted by Gasteiger charge is -2.13. The van der Waals surface area contributed by atoms with E-state index >= 15 is 0 Å². The quantitative estimate of drug-likeness (QED) is 0.349. The van der Waals surface area contributed by atoms with Gasteiger partial charge in [-0.2, -0.15) is 0 Å². The third kappa shape index (κ3) is 1.52. The summed E-state index contributed by atoms with van der Waals surface area (Å²) in [6.07, 6.45) is 6.70. The SMILES string of the molecule is CC1C=CC(Cl)CC1. The summed E-state index contributed by atoms with van der Waals surface area (Å²) in [5.41, 5.74) is 0. The van der Waals surface area contributed by atoms with Gasteiger partial charge in [0.1, 0.15) is 0 Å². The highest BCUT2D eigenvalue weighted by atomic mass is 35.5. The van der Waals surface area contributed by atoms with Crippen molar-refractivity contribution in [2.75, 3.05) is 0 Å². The van der Waals surface area contributed by atoms with Crippen LogP contribution in [0.2, 0.25) is 0 Å². The van der Waals surface area contributed by atoms with Crippen molar-refractivity contribution in [1.29, 1.82) is 0 Å². The Balaban J connectivity index is 2.42. The number of hydrogen-bond acceptors (Lipinski definition) is 0. The third-order valence-electron chi connectivity index (χ3n) is 1.55. The molecule has 0 aromatic carbocycles. The molecule has 2 unspecified atom stereocenters. The second-order valence-corrected chi connectivity index (χ2v) is 3.02. The van der Waals surface area contributed by atoms with Gasteiger partial charge in [-0.05, 0) is 18.8 Å². The lowest BCUT2D eigenvalue weighted by atomic mass is 9.98. The molecule has 1 heteroatoms. The van der Waals surface area contributed by atoms with Crippen molar-refractivity contribution in [1.82, 2.24) is 0 Å². The van der Waals surface area contributed by atoms with Crippen molar-refractivity contribution in [2.24, 2.45) is 5.92 Å². The van der Waals surface area contributed by atoms with Crippen LogP contribution in [-0.4, -0.2) is 5.38 Å². The summed E-state index contributed by atoms with van der Waals surface area (Å²) in [5, 5.41) is 0.311. The van der Waals surface area contributed by atoms with Gasteiger partial charge in [0, 0.05) is 0 Å². The second-order valence-electron chi connectivity index (χ2n) is 2.46. The molecule has 0 saturated heterocycles. The monoisotopic (exact) mass is 130 g/mol. The van der Waals surface area contributed by atoms with Crippen molar-refractivity contribution < 1.29 is 0 Å². The van der Waals surface area contributed by atoms with E-state index < -0.39 is 0 Å². The Morgan fingerprint density at radius 2 is 2.12 bits per heavy atom. The summed E-state index contributed by atoms with van der Waals surface area (Å²) in [7, 11) is 0. The van der Waals surface area contributed by atoms with E-state index in [-0.39, 0.29) is 0 Å². The molecule has 0 amide bonds. The normalized spacial score (nSPS) is 37.8. The molecule has 0 heterocycles. The van der Waals surface area contributed by atoms with Crippen molar-refractivity contribution in [3.8, 4) is 0 Å². The van der Waals surface area contributed by atoms with Gasteiger partial charge >= 0.3 is 0 Å². The number of rotatable bonds is 0. The lowest BCUT2D eigenvalue weighted by Crippen LogP contribution is -2.04. The van der Waals surface area contributed by atoms with Gasteiger partial charge in [0.15, 0.2) is 0 Å². The molecule has 2 atom stereocenters. The van der Waals surface area contributed by atoms with E-state index in [4.69, 9.17) is 11.6 Å². The Labute approximate surface area is 55.5 Å². The molecule has 0 saturated carbocycles. The van der Waals surface area contributed by atoms with Crippen molar-refractivity contribution in [3.63, 3.8) is 0 Å². The molecule has 0 fully saturated rings. The van der Waals surface area contributed by atoms with Gasteiger partial charge in [-0.15, -0.1) is 11.6 Å². The topological polar surface area (TPSA) is 0 Å². The van der Waals surface area contributed by atoms with Crippen LogP contribution in [-0.2, 0) is 0 Å². The van der Waals surface area contributed by atoms with Crippen LogP contribution in [0.3, 0.4) is 0 Å². The summed E-state index contributed by atoms with van der Waals surface area (Å²) >= 11 is 5.80. The zero-order valence-corrected chi connectivity index (χ0v) is 5.86. The smallest absolute Gasteiger partial charge is 0.0516 e. The number of allylic oxidation sites excluding steroid dienone is 2. The van der Waals surface area contributed by atoms with E-state index in [1.165, 1.54) is 6.42 Å². The molecular formula is C7H11Cl. The van der Waals surface area contributed by atoms with E-state index in [2.05, 4.69) is 19.1 Å². The highest BCUT2D eigenvalue weighted by Crippen LogP contribution is 2.19. The largest absolute Gasteiger partial charge is 0.118 e. The molecule has 0 radical (unpaired) electrons. The summed E-state index contributed by atoms with van der Waals surface area (Å²) in [6.45, 7) is 2.22. The Hall–Kier alpha value is 0.0300. The predicted octanol–water partition coefficient (Wildman–Crippen LogP) is 2.58. The molecular weight excluding hydrogens is 120 g/mol. The zero-order valence-electron chi connectivity index (χ0n) is 5.10. The minimum absolute atomic E-state index is 0.311. The first-order chi connectivity index (χ1) is 3.79. The maximum Gasteiger partial charge on any atom is 0.0516 e. The molecule has 0 nitrogen and oxygen atoms in total. The Morgan fingerprint density at radius 1 is 1.38 bits per heavy atom. The molecule has 0 N–H and O–H groups in total. The second kappa shape index (κ2) is 2.54. The van der Waals surface area contributed by atoms with Crippen LogP contribution in [0.25, 0.3) is 0 Å². The van der Waals surface area contributed by atoms with Gasteiger partial charge < -0.3 is 0 Å². The van der Waals surface area contributed by atoms with Gasteiger partial charge in [0.05, 0.1) is 5.38 Å². The number of hydrogen-bond donors (Lipinski definition) is 0. The standard InChI is InChI=1S/C7H11Cl/c1-6-2-4-7(8)5-3-6/h2,4,6-7H,3,5H2,1H3. The van der Waals surface area contributed by atoms with E-state index in [0.29, 0.717) is 5.38 Å². The number of alkyl halides is 1. The molecule has 1 aliphatic carbocycles. The molecule has 1 aliphatic rings. The lowest BCUT2D eigenvalue weighted by molar-refractivity contribution is 0.588. The van der Waals surface area contributed by atoms with Crippen molar-refractivity contribution >= 4 is 11.6 Å². The first-order valence-corrected chi connectivity index (χ1v) is 3.55. The predicted molar refractivity (Wildman–Crippen MR) is 37.2 cm³/mol. The average Bonchev–Trinajstić information content (AvgIpc) is 1.77. The molecule has 46 valence electrons. The first kappa shape index (κ1) is 6.15. The van der Waals surface area contributed by atoms with Gasteiger partial charge in [-0.3, -0.25) is 0 Å². The van der Waals surface area contributed by atoms with Crippen LogP contribution >= 0.6 is 11.6 Å². The van der Waals surface area contributed by atoms with Crippen molar-refractivity contribution in [2.45, 2.75) is 25.1 Å². The summed E-state index contributed by atoms with van der Waals surface area (Å²) < 4.78 is 0. The Kier molecular flexibility index (Phi) is 1.95. The van der Waals surface area contributed by atoms with Gasteiger partial charge in [0.2, 0.25) is 0 Å². The Morgan fingerprint density at radius 3 is 2.50 bits per heavy atom. The first-order valence-electron chi connectivity index (χ1n) is 3.11. The minimum Gasteiger partial charge on any atom is -0.118 e. The van der Waals surface area contributed by atoms with E-state index in [0.717, 1.165) is 12.3 Å². The summed E-state index contributed by atoms with van der Waals surface area (Å²) in [6, 6.07) is 0. The van der Waals surface area contributed by atoms with E-state index in [1.807, 2.05) is 0 Å². The molecule has 0 spiro atoms. The van der Waals surface area contributed by atoms with E-state index in [1.54, 1.807) is 0 Å². The zero-order chi connectivity index (χ0) is 5.98. The minimum atomic E-state index is 0.311. The Bertz CT molecular complexity index is 84.6. The third-order valence-corrected chi connectivity index (χ3v) is 1.91. The van der Waals surface area contributed by atoms with Crippen LogP contribution in [0.4, 0.5) is 0 Å². The van der Waals surface area contributed by atoms with Crippen LogP contribution < -0.4 is 0 Å². The molecule has 0 aromatic rings. The van der Waals surface area contributed by atoms with Crippen molar-refractivity contribution in [3.05, 3.63) is 12.2 Å². The summed E-state index contributed by atoms with van der Waals surface area (Å²) in [4.78, 5) is 0. The highest BCUT2D eigenvalue weighted by molar-refractivity contribution is 6.21. The maximum absolute atomic E-state index is 5.80. The highest BCUT2D eigenvalue weighted by Gasteiger charge is 2.08. The fourth-order valence-corrected chi connectivity index (χ4v) is 1.13. The van der Waals surface area contributed by atoms with Crippen LogP contribution in [0, 0.1) is 5.92 Å². The molecule has 0 aromatic heterocycles. The fraction of sp³-hybridized carbons (Fsp3) is 0.714. The van der Waals surface area contributed by atoms with E-state index in [9.17, 15) is 0 Å².